The Labute approximate surface area is 136 Å². The van der Waals surface area contributed by atoms with E-state index in [1.807, 2.05) is 30.3 Å². The van der Waals surface area contributed by atoms with E-state index in [0.717, 1.165) is 17.3 Å². The molecule has 1 heterocycles. The lowest BCUT2D eigenvalue weighted by Gasteiger charge is -2.06. The van der Waals surface area contributed by atoms with E-state index >= 15 is 0 Å². The van der Waals surface area contributed by atoms with E-state index in [4.69, 9.17) is 4.42 Å². The molecule has 23 heavy (non-hydrogen) atoms. The molecule has 2 N–H and O–H groups in total. The second-order valence-electron chi connectivity index (χ2n) is 4.60. The van der Waals surface area contributed by atoms with Crippen molar-refractivity contribution in [2.75, 3.05) is 5.75 Å². The number of hydrogen-bond acceptors (Lipinski definition) is 5. The Morgan fingerprint density at radius 3 is 2.52 bits per heavy atom. The number of oxazole rings is 1. The van der Waals surface area contributed by atoms with E-state index in [0.29, 0.717) is 16.4 Å². The molecule has 0 aliphatic carbocycles. The molecular formula is C16H13N3O3S. The molecule has 7 heteroatoms. The van der Waals surface area contributed by atoms with E-state index in [-0.39, 0.29) is 17.6 Å². The number of hydrogen-bond donors (Lipinski definition) is 2. The van der Waals surface area contributed by atoms with E-state index < -0.39 is 0 Å². The molecule has 0 aliphatic rings. The smallest absolute Gasteiger partial charge is 0.269 e. The zero-order valence-corrected chi connectivity index (χ0v) is 12.8. The molecule has 0 spiro atoms. The minimum absolute atomic E-state index is 0.0852. The van der Waals surface area contributed by atoms with Crippen molar-refractivity contribution in [3.05, 3.63) is 60.2 Å². The lowest BCUT2D eigenvalue weighted by molar-refractivity contribution is -0.119. The van der Waals surface area contributed by atoms with Crippen molar-refractivity contribution in [3.63, 3.8) is 0 Å². The summed E-state index contributed by atoms with van der Waals surface area (Å²) < 4.78 is 5.50. The van der Waals surface area contributed by atoms with E-state index in [1.54, 1.807) is 24.3 Å². The molecule has 2 amide bonds. The van der Waals surface area contributed by atoms with Crippen LogP contribution in [0.25, 0.3) is 11.1 Å². The van der Waals surface area contributed by atoms with Crippen LogP contribution < -0.4 is 10.9 Å². The van der Waals surface area contributed by atoms with Crippen LogP contribution in [0.15, 0.2) is 64.2 Å². The molecule has 0 saturated carbocycles. The van der Waals surface area contributed by atoms with Gasteiger partial charge in [-0.25, -0.2) is 4.98 Å². The first-order valence-electron chi connectivity index (χ1n) is 6.85. The summed E-state index contributed by atoms with van der Waals surface area (Å²) in [5.74, 6) is -0.630. The van der Waals surface area contributed by atoms with E-state index in [2.05, 4.69) is 15.8 Å². The minimum Gasteiger partial charge on any atom is -0.431 e. The number of carbonyl (C=O) groups is 2. The number of nitrogens with zero attached hydrogens (tertiary/aromatic N) is 1. The van der Waals surface area contributed by atoms with Crippen molar-refractivity contribution < 1.29 is 14.0 Å². The number of amides is 2. The van der Waals surface area contributed by atoms with Crippen molar-refractivity contribution in [2.24, 2.45) is 0 Å². The standard InChI is InChI=1S/C16H13N3O3S/c20-14(18-19-15(21)11-6-2-1-3-7-11)10-23-16-17-12-8-4-5-9-13(12)22-16/h1-9H,10H2,(H,18,20)(H,19,21). The van der Waals surface area contributed by atoms with Crippen LogP contribution in [0.5, 0.6) is 0 Å². The van der Waals surface area contributed by atoms with Gasteiger partial charge in [0, 0.05) is 5.56 Å². The second-order valence-corrected chi connectivity index (χ2v) is 5.53. The molecular weight excluding hydrogens is 314 g/mol. The molecule has 0 atom stereocenters. The van der Waals surface area contributed by atoms with Gasteiger partial charge in [0.05, 0.1) is 5.75 Å². The number of para-hydroxylation sites is 2. The van der Waals surface area contributed by atoms with Crippen molar-refractivity contribution >= 4 is 34.7 Å². The Hall–Kier alpha value is -2.80. The fraction of sp³-hybridized carbons (Fsp3) is 0.0625. The van der Waals surface area contributed by atoms with Gasteiger partial charge in [-0.3, -0.25) is 20.4 Å². The van der Waals surface area contributed by atoms with Gasteiger partial charge in [0.2, 0.25) is 5.91 Å². The number of hydrazine groups is 1. The van der Waals surface area contributed by atoms with Crippen LogP contribution in [0, 0.1) is 0 Å². The highest BCUT2D eigenvalue weighted by molar-refractivity contribution is 7.99. The highest BCUT2D eigenvalue weighted by Gasteiger charge is 2.10. The SMILES string of the molecule is O=C(CSc1nc2ccccc2o1)NNC(=O)c1ccccc1. The molecule has 2 aromatic carbocycles. The summed E-state index contributed by atoms with van der Waals surface area (Å²) in [7, 11) is 0. The number of rotatable bonds is 4. The monoisotopic (exact) mass is 327 g/mol. The summed E-state index contributed by atoms with van der Waals surface area (Å²) in [5.41, 5.74) is 6.60. The van der Waals surface area contributed by atoms with Crippen molar-refractivity contribution in [3.8, 4) is 0 Å². The van der Waals surface area contributed by atoms with Crippen molar-refractivity contribution in [1.29, 1.82) is 0 Å². The summed E-state index contributed by atoms with van der Waals surface area (Å²) in [6.45, 7) is 0. The minimum atomic E-state index is -0.370. The predicted molar refractivity (Wildman–Crippen MR) is 86.8 cm³/mol. The van der Waals surface area contributed by atoms with Crippen LogP contribution in [-0.2, 0) is 4.79 Å². The Balaban J connectivity index is 1.49. The third kappa shape index (κ3) is 3.89. The summed E-state index contributed by atoms with van der Waals surface area (Å²) in [5, 5.41) is 0.413. The number of thioether (sulfide) groups is 1. The summed E-state index contributed by atoms with van der Waals surface area (Å²) in [6, 6.07) is 16.0. The first kappa shape index (κ1) is 15.1. The van der Waals surface area contributed by atoms with Gasteiger partial charge in [0.25, 0.3) is 11.1 Å². The third-order valence-corrected chi connectivity index (χ3v) is 3.78. The van der Waals surface area contributed by atoms with Crippen molar-refractivity contribution in [1.82, 2.24) is 15.8 Å². The molecule has 116 valence electrons. The first-order chi connectivity index (χ1) is 11.2. The zero-order valence-electron chi connectivity index (χ0n) is 12.0. The highest BCUT2D eigenvalue weighted by atomic mass is 32.2. The number of benzene rings is 2. The number of carbonyl (C=O) groups excluding carboxylic acids is 2. The van der Waals surface area contributed by atoms with Crippen LogP contribution in [0.3, 0.4) is 0 Å². The molecule has 0 aliphatic heterocycles. The zero-order chi connectivity index (χ0) is 16.1. The summed E-state index contributed by atoms with van der Waals surface area (Å²) >= 11 is 1.16. The number of fused-ring (bicyclic) bond motifs is 1. The topological polar surface area (TPSA) is 84.2 Å². The first-order valence-corrected chi connectivity index (χ1v) is 7.83. The maximum absolute atomic E-state index is 11.8. The molecule has 0 fully saturated rings. The van der Waals surface area contributed by atoms with Gasteiger partial charge in [-0.1, -0.05) is 42.1 Å². The summed E-state index contributed by atoms with van der Waals surface area (Å²) in [6.07, 6.45) is 0. The molecule has 0 unspecified atom stereocenters. The molecule has 3 aromatic rings. The van der Waals surface area contributed by atoms with Crippen molar-refractivity contribution in [2.45, 2.75) is 5.22 Å². The Kier molecular flexibility index (Phi) is 4.58. The Morgan fingerprint density at radius 2 is 1.74 bits per heavy atom. The van der Waals surface area contributed by atoms with Crippen LogP contribution in [0.4, 0.5) is 0 Å². The van der Waals surface area contributed by atoms with Crippen LogP contribution in [-0.4, -0.2) is 22.6 Å². The molecule has 0 saturated heterocycles. The molecule has 0 bridgehead atoms. The fourth-order valence-corrected chi connectivity index (χ4v) is 2.50. The van der Waals surface area contributed by atoms with E-state index in [9.17, 15) is 9.59 Å². The normalized spacial score (nSPS) is 10.4. The van der Waals surface area contributed by atoms with Crippen LogP contribution in [0.1, 0.15) is 10.4 Å². The maximum Gasteiger partial charge on any atom is 0.269 e. The van der Waals surface area contributed by atoms with Gasteiger partial charge in [-0.05, 0) is 24.3 Å². The van der Waals surface area contributed by atoms with Gasteiger partial charge in [-0.15, -0.1) is 0 Å². The molecule has 0 radical (unpaired) electrons. The summed E-state index contributed by atoms with van der Waals surface area (Å²) in [4.78, 5) is 27.8. The Bertz CT molecular complexity index is 800. The molecule has 6 nitrogen and oxygen atoms in total. The van der Waals surface area contributed by atoms with Gasteiger partial charge in [-0.2, -0.15) is 0 Å². The predicted octanol–water partition coefficient (Wildman–Crippen LogP) is 2.38. The number of nitrogens with one attached hydrogen (secondary N) is 2. The quantitative estimate of drug-likeness (QED) is 0.568. The number of aromatic nitrogens is 1. The van der Waals surface area contributed by atoms with E-state index in [1.165, 1.54) is 0 Å². The second kappa shape index (κ2) is 6.97. The average molecular weight is 327 g/mol. The lowest BCUT2D eigenvalue weighted by Crippen LogP contribution is -2.42. The largest absolute Gasteiger partial charge is 0.431 e. The van der Waals surface area contributed by atoms with Gasteiger partial charge < -0.3 is 4.42 Å². The average Bonchev–Trinajstić information content (AvgIpc) is 3.01. The molecule has 3 rings (SSSR count). The van der Waals surface area contributed by atoms with Gasteiger partial charge in [0.15, 0.2) is 5.58 Å². The molecule has 1 aromatic heterocycles. The maximum atomic E-state index is 11.8. The van der Waals surface area contributed by atoms with Gasteiger partial charge >= 0.3 is 0 Å². The fourth-order valence-electron chi connectivity index (χ4n) is 1.86. The lowest BCUT2D eigenvalue weighted by atomic mass is 10.2. The highest BCUT2D eigenvalue weighted by Crippen LogP contribution is 2.22. The van der Waals surface area contributed by atoms with Crippen LogP contribution >= 0.6 is 11.8 Å². The van der Waals surface area contributed by atoms with Gasteiger partial charge in [0.1, 0.15) is 5.52 Å². The van der Waals surface area contributed by atoms with Crippen LogP contribution in [0.2, 0.25) is 0 Å². The third-order valence-electron chi connectivity index (χ3n) is 2.95. The Morgan fingerprint density at radius 1 is 1.00 bits per heavy atom.